The van der Waals surface area contributed by atoms with E-state index in [1.54, 1.807) is 0 Å². The summed E-state index contributed by atoms with van der Waals surface area (Å²) in [5.41, 5.74) is 0. The average Bonchev–Trinajstić information content (AvgIpc) is 2.21. The summed E-state index contributed by atoms with van der Waals surface area (Å²) in [7, 11) is 0. The van der Waals surface area contributed by atoms with E-state index in [9.17, 15) is 9.59 Å². The number of carbonyl (C=O) groups is 2. The van der Waals surface area contributed by atoms with E-state index in [2.05, 4.69) is 17.6 Å². The zero-order valence-electron chi connectivity index (χ0n) is 9.82. The first kappa shape index (κ1) is 12.8. The number of carbonyl (C=O) groups excluding carboxylic acids is 1. The van der Waals surface area contributed by atoms with Crippen molar-refractivity contribution in [2.75, 3.05) is 0 Å². The second-order valence-electron chi connectivity index (χ2n) is 4.55. The third-order valence-corrected chi connectivity index (χ3v) is 3.15. The van der Waals surface area contributed by atoms with Crippen molar-refractivity contribution >= 4 is 12.0 Å². The van der Waals surface area contributed by atoms with Crippen LogP contribution < -0.4 is 10.6 Å². The molecule has 1 aliphatic carbocycles. The van der Waals surface area contributed by atoms with Crippen LogP contribution in [0.25, 0.3) is 0 Å². The van der Waals surface area contributed by atoms with E-state index in [1.807, 2.05) is 0 Å². The predicted octanol–water partition coefficient (Wildman–Crippen LogP) is 1.34. The van der Waals surface area contributed by atoms with Crippen LogP contribution in [0.2, 0.25) is 0 Å². The first-order valence-corrected chi connectivity index (χ1v) is 5.80. The van der Waals surface area contributed by atoms with Crippen LogP contribution in [0.1, 0.15) is 39.5 Å². The molecule has 0 aromatic rings. The Morgan fingerprint density at radius 1 is 1.31 bits per heavy atom. The molecule has 3 atom stereocenters. The lowest BCUT2D eigenvalue weighted by Crippen LogP contribution is -2.50. The minimum absolute atomic E-state index is 0.176. The molecule has 0 saturated heterocycles. The van der Waals surface area contributed by atoms with Crippen LogP contribution in [0.3, 0.4) is 0 Å². The summed E-state index contributed by atoms with van der Waals surface area (Å²) in [6, 6.07) is -1.05. The maximum Gasteiger partial charge on any atom is 0.325 e. The van der Waals surface area contributed by atoms with Crippen molar-refractivity contribution in [3.63, 3.8) is 0 Å². The number of rotatable bonds is 3. The van der Waals surface area contributed by atoms with Crippen molar-refractivity contribution < 1.29 is 14.7 Å². The van der Waals surface area contributed by atoms with Gasteiger partial charge in [-0.1, -0.05) is 19.8 Å². The molecule has 16 heavy (non-hydrogen) atoms. The summed E-state index contributed by atoms with van der Waals surface area (Å²) in [6.45, 7) is 3.57. The Bertz CT molecular complexity index is 268. The summed E-state index contributed by atoms with van der Waals surface area (Å²) >= 11 is 0. The highest BCUT2D eigenvalue weighted by molar-refractivity contribution is 5.82. The zero-order chi connectivity index (χ0) is 12.1. The van der Waals surface area contributed by atoms with Gasteiger partial charge in [0.1, 0.15) is 6.04 Å². The van der Waals surface area contributed by atoms with Gasteiger partial charge in [-0.05, 0) is 25.7 Å². The van der Waals surface area contributed by atoms with E-state index in [4.69, 9.17) is 5.11 Å². The average molecular weight is 228 g/mol. The molecule has 0 spiro atoms. The molecule has 5 heteroatoms. The number of urea groups is 1. The maximum atomic E-state index is 11.5. The number of carboxylic acid groups (broad SMARTS) is 1. The molecule has 1 fully saturated rings. The lowest BCUT2D eigenvalue weighted by atomic mass is 9.86. The fourth-order valence-electron chi connectivity index (χ4n) is 2.00. The van der Waals surface area contributed by atoms with Crippen LogP contribution in [-0.2, 0) is 4.79 Å². The van der Waals surface area contributed by atoms with Gasteiger partial charge in [-0.25, -0.2) is 4.79 Å². The monoisotopic (exact) mass is 228 g/mol. The molecule has 2 amide bonds. The number of aliphatic carboxylic acids is 1. The minimum Gasteiger partial charge on any atom is -0.480 e. The molecule has 92 valence electrons. The summed E-state index contributed by atoms with van der Waals surface area (Å²) in [6.07, 6.45) is 4.45. The maximum absolute atomic E-state index is 11.5. The number of amides is 2. The van der Waals surface area contributed by atoms with E-state index in [0.29, 0.717) is 5.92 Å². The topological polar surface area (TPSA) is 78.4 Å². The van der Waals surface area contributed by atoms with E-state index in [0.717, 1.165) is 19.3 Å². The SMILES string of the molecule is CC(NC(=O)NC1CCCCC1C)C(=O)O. The van der Waals surface area contributed by atoms with Crippen LogP contribution in [-0.4, -0.2) is 29.2 Å². The molecule has 0 aromatic heterocycles. The Hall–Kier alpha value is -1.26. The summed E-state index contributed by atoms with van der Waals surface area (Å²) in [5.74, 6) is -0.550. The van der Waals surface area contributed by atoms with Crippen molar-refractivity contribution in [1.82, 2.24) is 10.6 Å². The van der Waals surface area contributed by atoms with Crippen LogP contribution in [0.15, 0.2) is 0 Å². The van der Waals surface area contributed by atoms with Gasteiger partial charge in [0.05, 0.1) is 0 Å². The molecule has 3 unspecified atom stereocenters. The molecule has 0 aromatic carbocycles. The minimum atomic E-state index is -1.02. The van der Waals surface area contributed by atoms with Crippen LogP contribution in [0.4, 0.5) is 4.79 Å². The van der Waals surface area contributed by atoms with Crippen molar-refractivity contribution in [2.24, 2.45) is 5.92 Å². The molecule has 0 aliphatic heterocycles. The van der Waals surface area contributed by atoms with Crippen LogP contribution >= 0.6 is 0 Å². The molecule has 0 radical (unpaired) electrons. The highest BCUT2D eigenvalue weighted by atomic mass is 16.4. The number of carboxylic acids is 1. The second-order valence-corrected chi connectivity index (χ2v) is 4.55. The van der Waals surface area contributed by atoms with Gasteiger partial charge >= 0.3 is 12.0 Å². The Morgan fingerprint density at radius 3 is 2.50 bits per heavy atom. The summed E-state index contributed by atoms with van der Waals surface area (Å²) in [5, 5.41) is 13.9. The van der Waals surface area contributed by atoms with Crippen molar-refractivity contribution in [1.29, 1.82) is 0 Å². The van der Waals surface area contributed by atoms with Crippen molar-refractivity contribution in [2.45, 2.75) is 51.6 Å². The van der Waals surface area contributed by atoms with Gasteiger partial charge in [0.2, 0.25) is 0 Å². The molecule has 3 N–H and O–H groups in total. The molecule has 5 nitrogen and oxygen atoms in total. The van der Waals surface area contributed by atoms with Gasteiger partial charge in [0.25, 0.3) is 0 Å². The van der Waals surface area contributed by atoms with Gasteiger partial charge < -0.3 is 15.7 Å². The first-order valence-electron chi connectivity index (χ1n) is 5.80. The smallest absolute Gasteiger partial charge is 0.325 e. The normalized spacial score (nSPS) is 26.9. The van der Waals surface area contributed by atoms with Crippen LogP contribution in [0, 0.1) is 5.92 Å². The van der Waals surface area contributed by atoms with Crippen molar-refractivity contribution in [3.8, 4) is 0 Å². The number of hydrogen-bond donors (Lipinski definition) is 3. The van der Waals surface area contributed by atoms with Gasteiger partial charge in [0.15, 0.2) is 0 Å². The third-order valence-electron chi connectivity index (χ3n) is 3.15. The molecule has 0 bridgehead atoms. The fourth-order valence-corrected chi connectivity index (χ4v) is 2.00. The van der Waals surface area contributed by atoms with Crippen molar-refractivity contribution in [3.05, 3.63) is 0 Å². The molecule has 1 rings (SSSR count). The molecule has 1 aliphatic rings. The largest absolute Gasteiger partial charge is 0.480 e. The van der Waals surface area contributed by atoms with Gasteiger partial charge in [0, 0.05) is 6.04 Å². The van der Waals surface area contributed by atoms with E-state index >= 15 is 0 Å². The highest BCUT2D eigenvalue weighted by Crippen LogP contribution is 2.23. The quantitative estimate of drug-likeness (QED) is 0.682. The fraction of sp³-hybridized carbons (Fsp3) is 0.818. The molecular formula is C11H20N2O3. The van der Waals surface area contributed by atoms with E-state index in [1.165, 1.54) is 13.3 Å². The summed E-state index contributed by atoms with van der Waals surface area (Å²) in [4.78, 5) is 22.0. The molecule has 1 saturated carbocycles. The van der Waals surface area contributed by atoms with Gasteiger partial charge in [-0.3, -0.25) is 4.79 Å². The Kier molecular flexibility index (Phi) is 4.58. The highest BCUT2D eigenvalue weighted by Gasteiger charge is 2.23. The van der Waals surface area contributed by atoms with Gasteiger partial charge in [-0.15, -0.1) is 0 Å². The Balaban J connectivity index is 2.35. The van der Waals surface area contributed by atoms with E-state index in [-0.39, 0.29) is 12.1 Å². The van der Waals surface area contributed by atoms with E-state index < -0.39 is 12.0 Å². The predicted molar refractivity (Wildman–Crippen MR) is 60.2 cm³/mol. The van der Waals surface area contributed by atoms with Crippen LogP contribution in [0.5, 0.6) is 0 Å². The lowest BCUT2D eigenvalue weighted by molar-refractivity contribution is -0.138. The third kappa shape index (κ3) is 3.72. The molecule has 0 heterocycles. The first-order chi connectivity index (χ1) is 7.50. The zero-order valence-corrected chi connectivity index (χ0v) is 9.82. The Morgan fingerprint density at radius 2 is 1.94 bits per heavy atom. The number of hydrogen-bond acceptors (Lipinski definition) is 2. The van der Waals surface area contributed by atoms with Gasteiger partial charge in [-0.2, -0.15) is 0 Å². The lowest BCUT2D eigenvalue weighted by Gasteiger charge is -2.29. The number of nitrogens with one attached hydrogen (secondary N) is 2. The Labute approximate surface area is 95.6 Å². The standard InChI is InChI=1S/C11H20N2O3/c1-7-5-3-4-6-9(7)13-11(16)12-8(2)10(14)15/h7-9H,3-6H2,1-2H3,(H,14,15)(H2,12,13,16). The molecular weight excluding hydrogens is 208 g/mol. The second kappa shape index (κ2) is 5.72. The summed E-state index contributed by atoms with van der Waals surface area (Å²) < 4.78 is 0.